The second-order valence-corrected chi connectivity index (χ2v) is 6.19. The second kappa shape index (κ2) is 9.05. The third-order valence-corrected chi connectivity index (χ3v) is 4.07. The Morgan fingerprint density at radius 2 is 1.56 bits per heavy atom. The summed E-state index contributed by atoms with van der Waals surface area (Å²) in [6.45, 7) is 4.58. The summed E-state index contributed by atoms with van der Waals surface area (Å²) in [6, 6.07) is 14.6. The maximum absolute atomic E-state index is 12.1. The van der Waals surface area contributed by atoms with Gasteiger partial charge in [-0.25, -0.2) is 0 Å². The number of hydrogen-bond donors (Lipinski definition) is 2. The zero-order valence-corrected chi connectivity index (χ0v) is 15.2. The number of hydrogen-bond acceptors (Lipinski definition) is 5. The van der Waals surface area contributed by atoms with E-state index >= 15 is 0 Å². The molecule has 1 heterocycles. The highest BCUT2D eigenvalue weighted by Gasteiger charge is 2.11. The molecule has 2 N–H and O–H groups in total. The van der Waals surface area contributed by atoms with Crippen molar-refractivity contribution in [1.82, 2.24) is 0 Å². The number of nitrogens with zero attached hydrogens (tertiary/aromatic N) is 1. The first kappa shape index (κ1) is 18.7. The molecule has 0 aliphatic carbocycles. The topological polar surface area (TPSA) is 79.9 Å². The smallest absolute Gasteiger partial charge is 0.262 e. The predicted molar refractivity (Wildman–Crippen MR) is 104 cm³/mol. The molecule has 0 aromatic heterocycles. The Labute approximate surface area is 158 Å². The van der Waals surface area contributed by atoms with Gasteiger partial charge in [0.2, 0.25) is 5.91 Å². The first-order valence-corrected chi connectivity index (χ1v) is 8.83. The summed E-state index contributed by atoms with van der Waals surface area (Å²) in [4.78, 5) is 25.3. The maximum atomic E-state index is 12.1. The molecule has 27 heavy (non-hydrogen) atoms. The van der Waals surface area contributed by atoms with Crippen LogP contribution >= 0.6 is 0 Å². The molecule has 0 bridgehead atoms. The third kappa shape index (κ3) is 5.72. The van der Waals surface area contributed by atoms with Gasteiger partial charge in [-0.15, -0.1) is 0 Å². The Balaban J connectivity index is 1.46. The van der Waals surface area contributed by atoms with E-state index in [9.17, 15) is 9.59 Å². The number of carbonyl (C=O) groups is 2. The molecule has 0 spiro atoms. The van der Waals surface area contributed by atoms with Gasteiger partial charge in [-0.05, 0) is 48.5 Å². The van der Waals surface area contributed by atoms with Crippen LogP contribution in [0.15, 0.2) is 48.5 Å². The van der Waals surface area contributed by atoms with Crippen LogP contribution in [0.1, 0.15) is 6.92 Å². The molecule has 1 aliphatic rings. The van der Waals surface area contributed by atoms with Gasteiger partial charge in [0.05, 0.1) is 13.2 Å². The van der Waals surface area contributed by atoms with Crippen molar-refractivity contribution in [2.75, 3.05) is 48.4 Å². The third-order valence-electron chi connectivity index (χ3n) is 4.07. The normalized spacial score (nSPS) is 13.7. The lowest BCUT2D eigenvalue weighted by molar-refractivity contribution is -0.118. The molecule has 0 unspecified atom stereocenters. The summed E-state index contributed by atoms with van der Waals surface area (Å²) >= 11 is 0. The number of anilines is 3. The molecule has 1 aliphatic heterocycles. The molecule has 7 heteroatoms. The first-order chi connectivity index (χ1) is 13.1. The molecular formula is C20H23N3O4. The van der Waals surface area contributed by atoms with Crippen molar-refractivity contribution < 1.29 is 19.1 Å². The summed E-state index contributed by atoms with van der Waals surface area (Å²) in [5.74, 6) is 0.185. The Morgan fingerprint density at radius 3 is 2.19 bits per heavy atom. The monoisotopic (exact) mass is 369 g/mol. The van der Waals surface area contributed by atoms with Crippen LogP contribution in [-0.2, 0) is 14.3 Å². The van der Waals surface area contributed by atoms with E-state index in [1.165, 1.54) is 6.92 Å². The summed E-state index contributed by atoms with van der Waals surface area (Å²) in [6.07, 6.45) is 0. The second-order valence-electron chi connectivity index (χ2n) is 6.19. The van der Waals surface area contributed by atoms with Crippen LogP contribution in [0.2, 0.25) is 0 Å². The predicted octanol–water partition coefficient (Wildman–Crippen LogP) is 2.50. The van der Waals surface area contributed by atoms with Gasteiger partial charge in [0, 0.05) is 37.1 Å². The average Bonchev–Trinajstić information content (AvgIpc) is 2.68. The van der Waals surface area contributed by atoms with Crippen molar-refractivity contribution in [3.05, 3.63) is 48.5 Å². The lowest BCUT2D eigenvalue weighted by Gasteiger charge is -2.28. The number of rotatable bonds is 6. The molecule has 3 rings (SSSR count). The number of ether oxygens (including phenoxy) is 2. The van der Waals surface area contributed by atoms with Gasteiger partial charge in [0.15, 0.2) is 6.61 Å². The van der Waals surface area contributed by atoms with Crippen LogP contribution in [0, 0.1) is 0 Å². The van der Waals surface area contributed by atoms with E-state index in [1.54, 1.807) is 24.3 Å². The number of nitrogens with one attached hydrogen (secondary N) is 2. The number of benzene rings is 2. The minimum Gasteiger partial charge on any atom is -0.484 e. The Kier molecular flexibility index (Phi) is 6.27. The minimum absolute atomic E-state index is 0.0926. The fourth-order valence-corrected chi connectivity index (χ4v) is 2.76. The van der Waals surface area contributed by atoms with Gasteiger partial charge in [-0.1, -0.05) is 0 Å². The van der Waals surface area contributed by atoms with Crippen molar-refractivity contribution in [3.8, 4) is 5.75 Å². The van der Waals surface area contributed by atoms with Crippen LogP contribution in [0.3, 0.4) is 0 Å². The quantitative estimate of drug-likeness (QED) is 0.818. The van der Waals surface area contributed by atoms with E-state index in [-0.39, 0.29) is 18.4 Å². The van der Waals surface area contributed by atoms with Crippen LogP contribution in [0.4, 0.5) is 17.1 Å². The van der Waals surface area contributed by atoms with E-state index in [1.807, 2.05) is 24.3 Å². The van der Waals surface area contributed by atoms with Crippen molar-refractivity contribution >= 4 is 28.9 Å². The molecule has 1 saturated heterocycles. The zero-order valence-electron chi connectivity index (χ0n) is 15.2. The molecule has 2 aromatic rings. The maximum Gasteiger partial charge on any atom is 0.262 e. The van der Waals surface area contributed by atoms with E-state index in [0.717, 1.165) is 37.7 Å². The van der Waals surface area contributed by atoms with E-state index < -0.39 is 0 Å². The number of amides is 2. The molecule has 142 valence electrons. The van der Waals surface area contributed by atoms with Gasteiger partial charge in [-0.2, -0.15) is 0 Å². The van der Waals surface area contributed by atoms with Crippen molar-refractivity contribution in [3.63, 3.8) is 0 Å². The van der Waals surface area contributed by atoms with Gasteiger partial charge < -0.3 is 25.0 Å². The fourth-order valence-electron chi connectivity index (χ4n) is 2.76. The molecule has 2 amide bonds. The number of morpholine rings is 1. The largest absolute Gasteiger partial charge is 0.484 e. The Morgan fingerprint density at radius 1 is 0.963 bits per heavy atom. The van der Waals surface area contributed by atoms with E-state index in [0.29, 0.717) is 11.4 Å². The van der Waals surface area contributed by atoms with Crippen LogP contribution in [0.5, 0.6) is 5.75 Å². The lowest BCUT2D eigenvalue weighted by atomic mass is 10.2. The van der Waals surface area contributed by atoms with E-state index in [4.69, 9.17) is 9.47 Å². The van der Waals surface area contributed by atoms with E-state index in [2.05, 4.69) is 15.5 Å². The van der Waals surface area contributed by atoms with Crippen molar-refractivity contribution in [1.29, 1.82) is 0 Å². The Bertz CT molecular complexity index is 769. The molecule has 2 aromatic carbocycles. The summed E-state index contributed by atoms with van der Waals surface area (Å²) in [5.41, 5.74) is 2.52. The van der Waals surface area contributed by atoms with Crippen LogP contribution in [0.25, 0.3) is 0 Å². The number of carbonyl (C=O) groups excluding carboxylic acids is 2. The molecule has 0 saturated carbocycles. The van der Waals surface area contributed by atoms with Crippen LogP contribution in [-0.4, -0.2) is 44.7 Å². The summed E-state index contributed by atoms with van der Waals surface area (Å²) in [5, 5.41) is 5.49. The average molecular weight is 369 g/mol. The summed E-state index contributed by atoms with van der Waals surface area (Å²) < 4.78 is 10.8. The Hall–Kier alpha value is -3.06. The fraction of sp³-hybridized carbons (Fsp3) is 0.300. The van der Waals surface area contributed by atoms with Crippen molar-refractivity contribution in [2.45, 2.75) is 6.92 Å². The first-order valence-electron chi connectivity index (χ1n) is 8.83. The highest BCUT2D eigenvalue weighted by atomic mass is 16.5. The van der Waals surface area contributed by atoms with Crippen molar-refractivity contribution in [2.24, 2.45) is 0 Å². The highest BCUT2D eigenvalue weighted by Crippen LogP contribution is 2.19. The van der Waals surface area contributed by atoms with Gasteiger partial charge >= 0.3 is 0 Å². The summed E-state index contributed by atoms with van der Waals surface area (Å²) in [7, 11) is 0. The van der Waals surface area contributed by atoms with Gasteiger partial charge in [0.25, 0.3) is 5.91 Å². The van der Waals surface area contributed by atoms with Crippen LogP contribution < -0.4 is 20.3 Å². The molecular weight excluding hydrogens is 346 g/mol. The zero-order chi connectivity index (χ0) is 19.1. The standard InChI is InChI=1S/C20H23N3O4/c1-15(24)21-16-4-8-19(9-5-16)27-14-20(25)22-17-2-6-18(7-3-17)23-10-12-26-13-11-23/h2-9H,10-14H2,1H3,(H,21,24)(H,22,25). The lowest BCUT2D eigenvalue weighted by Crippen LogP contribution is -2.36. The highest BCUT2D eigenvalue weighted by molar-refractivity contribution is 5.92. The minimum atomic E-state index is -0.236. The molecule has 7 nitrogen and oxygen atoms in total. The molecule has 0 atom stereocenters. The van der Waals surface area contributed by atoms with Gasteiger partial charge in [0.1, 0.15) is 5.75 Å². The van der Waals surface area contributed by atoms with Gasteiger partial charge in [-0.3, -0.25) is 9.59 Å². The SMILES string of the molecule is CC(=O)Nc1ccc(OCC(=O)Nc2ccc(N3CCOCC3)cc2)cc1. The molecule has 0 radical (unpaired) electrons. The molecule has 1 fully saturated rings.